The van der Waals surface area contributed by atoms with Gasteiger partial charge >= 0.3 is 0 Å². The smallest absolute Gasteiger partial charge is 0.159 e. The van der Waals surface area contributed by atoms with Crippen LogP contribution in [-0.2, 0) is 6.42 Å². The number of aromatic amines is 1. The van der Waals surface area contributed by atoms with Crippen LogP contribution in [0, 0.1) is 11.6 Å². The second kappa shape index (κ2) is 4.35. The molecule has 0 spiro atoms. The van der Waals surface area contributed by atoms with E-state index < -0.39 is 11.6 Å². The molecule has 0 amide bonds. The van der Waals surface area contributed by atoms with Crippen LogP contribution in [0.5, 0.6) is 5.75 Å². The summed E-state index contributed by atoms with van der Waals surface area (Å²) in [5.41, 5.74) is 2.05. The third-order valence-corrected chi connectivity index (χ3v) is 2.87. The Kier molecular flexibility index (Phi) is 2.67. The highest BCUT2D eigenvalue weighted by Gasteiger charge is 2.07. The molecule has 3 nitrogen and oxygen atoms in total. The van der Waals surface area contributed by atoms with E-state index in [0.717, 1.165) is 17.6 Å². The monoisotopic (exact) mass is 260 g/mol. The normalized spacial score (nSPS) is 11.1. The average Bonchev–Trinajstić information content (AvgIpc) is 2.75. The zero-order valence-corrected chi connectivity index (χ0v) is 9.82. The molecule has 0 unspecified atom stereocenters. The fraction of sp³-hybridized carbons (Fsp3) is 0.0714. The predicted octanol–water partition coefficient (Wildman–Crippen LogP) is 3.14. The lowest BCUT2D eigenvalue weighted by Crippen LogP contribution is -1.93. The van der Waals surface area contributed by atoms with E-state index in [0.29, 0.717) is 23.3 Å². The number of nitrogens with zero attached hydrogens (tertiary/aromatic N) is 1. The van der Waals surface area contributed by atoms with Crippen molar-refractivity contribution < 1.29 is 13.9 Å². The Labute approximate surface area is 107 Å². The third-order valence-electron chi connectivity index (χ3n) is 2.87. The quantitative estimate of drug-likeness (QED) is 0.743. The summed E-state index contributed by atoms with van der Waals surface area (Å²) in [6.07, 6.45) is 0.368. The molecule has 2 N–H and O–H groups in total. The fourth-order valence-corrected chi connectivity index (χ4v) is 1.98. The first-order valence-corrected chi connectivity index (χ1v) is 5.73. The van der Waals surface area contributed by atoms with Gasteiger partial charge in [-0.1, -0.05) is 6.07 Å². The van der Waals surface area contributed by atoms with E-state index in [2.05, 4.69) is 9.97 Å². The summed E-state index contributed by atoms with van der Waals surface area (Å²) in [4.78, 5) is 7.35. The number of fused-ring (bicyclic) bond motifs is 1. The van der Waals surface area contributed by atoms with Gasteiger partial charge in [0.1, 0.15) is 11.6 Å². The molecule has 0 saturated heterocycles. The molecule has 96 valence electrons. The van der Waals surface area contributed by atoms with Gasteiger partial charge in [-0.2, -0.15) is 0 Å². The first-order chi connectivity index (χ1) is 9.11. The van der Waals surface area contributed by atoms with E-state index in [1.165, 1.54) is 6.07 Å². The number of halogens is 2. The summed E-state index contributed by atoms with van der Waals surface area (Å²) in [5, 5.41) is 9.36. The Hall–Kier alpha value is -2.43. The van der Waals surface area contributed by atoms with Crippen molar-refractivity contribution >= 4 is 11.0 Å². The van der Waals surface area contributed by atoms with Crippen LogP contribution in [0.1, 0.15) is 11.4 Å². The largest absolute Gasteiger partial charge is 0.508 e. The number of imidazole rings is 1. The predicted molar refractivity (Wildman–Crippen MR) is 66.9 cm³/mol. The van der Waals surface area contributed by atoms with Gasteiger partial charge in [-0.05, 0) is 29.8 Å². The number of phenols is 1. The molecule has 0 aliphatic heterocycles. The average molecular weight is 260 g/mol. The van der Waals surface area contributed by atoms with E-state index in [1.54, 1.807) is 18.2 Å². The van der Waals surface area contributed by atoms with Crippen LogP contribution >= 0.6 is 0 Å². The Morgan fingerprint density at radius 1 is 1.05 bits per heavy atom. The molecule has 5 heteroatoms. The van der Waals surface area contributed by atoms with Crippen molar-refractivity contribution in [1.29, 1.82) is 0 Å². The van der Waals surface area contributed by atoms with Gasteiger partial charge in [-0.3, -0.25) is 0 Å². The van der Waals surface area contributed by atoms with E-state index in [9.17, 15) is 13.9 Å². The van der Waals surface area contributed by atoms with Crippen LogP contribution in [0.4, 0.5) is 8.78 Å². The molecule has 19 heavy (non-hydrogen) atoms. The van der Waals surface area contributed by atoms with Crippen LogP contribution in [0.15, 0.2) is 36.4 Å². The summed E-state index contributed by atoms with van der Waals surface area (Å²) in [7, 11) is 0. The minimum Gasteiger partial charge on any atom is -0.508 e. The third kappa shape index (κ3) is 2.27. The van der Waals surface area contributed by atoms with Gasteiger partial charge < -0.3 is 10.1 Å². The molecule has 3 rings (SSSR count). The van der Waals surface area contributed by atoms with Gasteiger partial charge in [0, 0.05) is 12.5 Å². The van der Waals surface area contributed by atoms with Crippen molar-refractivity contribution in [2.45, 2.75) is 6.42 Å². The summed E-state index contributed by atoms with van der Waals surface area (Å²) in [6, 6.07) is 8.57. The Bertz CT molecular complexity index is 752. The first-order valence-electron chi connectivity index (χ1n) is 5.73. The van der Waals surface area contributed by atoms with Crippen LogP contribution in [0.25, 0.3) is 11.0 Å². The molecule has 0 atom stereocenters. The molecule has 1 aromatic heterocycles. The SMILES string of the molecule is Oc1ccc2nc(Cc3ccc(F)c(F)c3)[nH]c2c1. The molecular weight excluding hydrogens is 250 g/mol. The van der Waals surface area contributed by atoms with Crippen molar-refractivity contribution in [3.05, 3.63) is 59.4 Å². The highest BCUT2D eigenvalue weighted by Crippen LogP contribution is 2.19. The molecule has 0 saturated carbocycles. The molecule has 0 bridgehead atoms. The number of nitrogens with one attached hydrogen (secondary N) is 1. The van der Waals surface area contributed by atoms with Crippen molar-refractivity contribution in [3.8, 4) is 5.75 Å². The number of aromatic nitrogens is 2. The maximum absolute atomic E-state index is 13.1. The van der Waals surface area contributed by atoms with Crippen LogP contribution in [0.2, 0.25) is 0 Å². The number of rotatable bonds is 2. The molecule has 3 aromatic rings. The second-order valence-electron chi connectivity index (χ2n) is 4.31. The lowest BCUT2D eigenvalue weighted by Gasteiger charge is -1.99. The summed E-state index contributed by atoms with van der Waals surface area (Å²) >= 11 is 0. The summed E-state index contributed by atoms with van der Waals surface area (Å²) in [5.74, 6) is -0.952. The highest BCUT2D eigenvalue weighted by molar-refractivity contribution is 5.76. The maximum atomic E-state index is 13.1. The van der Waals surface area contributed by atoms with Gasteiger partial charge in [0.15, 0.2) is 11.6 Å². The number of phenolic OH excluding ortho intramolecular Hbond substituents is 1. The fourth-order valence-electron chi connectivity index (χ4n) is 1.98. The molecule has 2 aromatic carbocycles. The molecule has 0 radical (unpaired) electrons. The van der Waals surface area contributed by atoms with Crippen molar-refractivity contribution in [3.63, 3.8) is 0 Å². The highest BCUT2D eigenvalue weighted by atomic mass is 19.2. The van der Waals surface area contributed by atoms with Crippen LogP contribution in [-0.4, -0.2) is 15.1 Å². The molecule has 0 fully saturated rings. The van der Waals surface area contributed by atoms with Crippen LogP contribution in [0.3, 0.4) is 0 Å². The lowest BCUT2D eigenvalue weighted by molar-refractivity contribution is 0.476. The van der Waals surface area contributed by atoms with Crippen molar-refractivity contribution in [2.75, 3.05) is 0 Å². The Morgan fingerprint density at radius 2 is 1.89 bits per heavy atom. The zero-order valence-electron chi connectivity index (χ0n) is 9.82. The maximum Gasteiger partial charge on any atom is 0.159 e. The number of hydrogen-bond acceptors (Lipinski definition) is 2. The van der Waals surface area contributed by atoms with Gasteiger partial charge in [0.25, 0.3) is 0 Å². The van der Waals surface area contributed by atoms with Gasteiger partial charge in [-0.25, -0.2) is 13.8 Å². The van der Waals surface area contributed by atoms with Gasteiger partial charge in [0.2, 0.25) is 0 Å². The molecular formula is C14H10F2N2O. The Balaban J connectivity index is 1.94. The van der Waals surface area contributed by atoms with Gasteiger partial charge in [0.05, 0.1) is 11.0 Å². The van der Waals surface area contributed by atoms with E-state index in [4.69, 9.17) is 0 Å². The van der Waals surface area contributed by atoms with E-state index >= 15 is 0 Å². The topological polar surface area (TPSA) is 48.9 Å². The van der Waals surface area contributed by atoms with Gasteiger partial charge in [-0.15, -0.1) is 0 Å². The summed E-state index contributed by atoms with van der Waals surface area (Å²) in [6.45, 7) is 0. The van der Waals surface area contributed by atoms with Crippen molar-refractivity contribution in [2.24, 2.45) is 0 Å². The summed E-state index contributed by atoms with van der Waals surface area (Å²) < 4.78 is 25.9. The number of hydrogen-bond donors (Lipinski definition) is 2. The van der Waals surface area contributed by atoms with Crippen molar-refractivity contribution in [1.82, 2.24) is 9.97 Å². The minimum absolute atomic E-state index is 0.149. The molecule has 1 heterocycles. The lowest BCUT2D eigenvalue weighted by atomic mass is 10.1. The zero-order chi connectivity index (χ0) is 13.4. The van der Waals surface area contributed by atoms with Crippen LogP contribution < -0.4 is 0 Å². The first kappa shape index (κ1) is 11.6. The minimum atomic E-state index is -0.869. The van der Waals surface area contributed by atoms with E-state index in [-0.39, 0.29) is 5.75 Å². The standard InChI is InChI=1S/C14H10F2N2O/c15-10-3-1-8(5-11(10)16)6-14-17-12-4-2-9(19)7-13(12)18-14/h1-5,7,19H,6H2,(H,17,18). The number of aromatic hydroxyl groups is 1. The number of H-pyrrole nitrogens is 1. The number of benzene rings is 2. The molecule has 0 aliphatic carbocycles. The second-order valence-corrected chi connectivity index (χ2v) is 4.31. The molecule has 0 aliphatic rings. The Morgan fingerprint density at radius 3 is 2.68 bits per heavy atom. The van der Waals surface area contributed by atoms with E-state index in [1.807, 2.05) is 0 Å².